The normalized spacial score (nSPS) is 18.0. The highest BCUT2D eigenvalue weighted by Gasteiger charge is 2.30. The van der Waals surface area contributed by atoms with Crippen molar-refractivity contribution in [3.05, 3.63) is 30.3 Å². The van der Waals surface area contributed by atoms with Crippen LogP contribution in [0.1, 0.15) is 32.6 Å². The number of likely N-dealkylation sites (tertiary alicyclic amines) is 1. The number of aliphatic carboxylic acids is 1. The van der Waals surface area contributed by atoms with E-state index in [4.69, 9.17) is 5.11 Å². The van der Waals surface area contributed by atoms with Crippen molar-refractivity contribution in [2.75, 3.05) is 31.1 Å². The van der Waals surface area contributed by atoms with Crippen molar-refractivity contribution in [1.82, 2.24) is 4.90 Å². The van der Waals surface area contributed by atoms with Gasteiger partial charge in [-0.3, -0.25) is 14.5 Å². The number of carbonyl (C=O) groups excluding carboxylic acids is 1. The van der Waals surface area contributed by atoms with Gasteiger partial charge >= 0.3 is 5.97 Å². The lowest BCUT2D eigenvalue weighted by molar-refractivity contribution is -0.141. The van der Waals surface area contributed by atoms with Gasteiger partial charge < -0.3 is 10.0 Å². The molecule has 1 heterocycles. The lowest BCUT2D eigenvalue weighted by atomic mass is 10.1. The molecule has 0 aliphatic carbocycles. The number of amides is 1. The maximum Gasteiger partial charge on any atom is 0.307 e. The molecule has 0 saturated carbocycles. The van der Waals surface area contributed by atoms with Crippen LogP contribution < -0.4 is 4.90 Å². The van der Waals surface area contributed by atoms with Gasteiger partial charge in [-0.15, -0.1) is 0 Å². The van der Waals surface area contributed by atoms with Gasteiger partial charge in [0.25, 0.3) is 0 Å². The van der Waals surface area contributed by atoms with Gasteiger partial charge in [0, 0.05) is 18.8 Å². The first kappa shape index (κ1) is 17.5. The monoisotopic (exact) mass is 318 g/mol. The van der Waals surface area contributed by atoms with Gasteiger partial charge in [0.15, 0.2) is 0 Å². The van der Waals surface area contributed by atoms with Crippen molar-refractivity contribution in [2.45, 2.75) is 32.6 Å². The van der Waals surface area contributed by atoms with E-state index in [1.807, 2.05) is 40.1 Å². The molecule has 1 saturated heterocycles. The zero-order chi connectivity index (χ0) is 16.7. The van der Waals surface area contributed by atoms with Crippen LogP contribution in [0.25, 0.3) is 0 Å². The molecule has 1 atom stereocenters. The summed E-state index contributed by atoms with van der Waals surface area (Å²) in [6, 6.07) is 9.72. The number of hydrogen-bond acceptors (Lipinski definition) is 3. The Labute approximate surface area is 137 Å². The molecular formula is C18H26N2O3. The van der Waals surface area contributed by atoms with Crippen LogP contribution in [0.15, 0.2) is 30.3 Å². The molecule has 1 aliphatic heterocycles. The Morgan fingerprint density at radius 2 is 2.00 bits per heavy atom. The van der Waals surface area contributed by atoms with Crippen molar-refractivity contribution in [1.29, 1.82) is 0 Å². The SMILES string of the molecule is CCCCCN(C(=O)CN1CCC(C(=O)O)C1)c1ccccc1. The van der Waals surface area contributed by atoms with E-state index in [2.05, 4.69) is 6.92 Å². The number of unbranched alkanes of at least 4 members (excludes halogenated alkanes) is 2. The third-order valence-electron chi connectivity index (χ3n) is 4.33. The summed E-state index contributed by atoms with van der Waals surface area (Å²) in [6.45, 7) is 4.31. The first-order chi connectivity index (χ1) is 11.1. The number of nitrogens with zero attached hydrogens (tertiary/aromatic N) is 2. The number of rotatable bonds is 8. The summed E-state index contributed by atoms with van der Waals surface area (Å²) in [5, 5.41) is 9.07. The molecule has 0 radical (unpaired) electrons. The summed E-state index contributed by atoms with van der Waals surface area (Å²) < 4.78 is 0. The molecule has 1 N–H and O–H groups in total. The van der Waals surface area contributed by atoms with Gasteiger partial charge in [-0.2, -0.15) is 0 Å². The molecule has 5 nitrogen and oxygen atoms in total. The third-order valence-corrected chi connectivity index (χ3v) is 4.33. The number of carboxylic acids is 1. The molecule has 1 aliphatic rings. The second-order valence-corrected chi connectivity index (χ2v) is 6.15. The van der Waals surface area contributed by atoms with E-state index in [-0.39, 0.29) is 11.8 Å². The van der Waals surface area contributed by atoms with Crippen LogP contribution in [0, 0.1) is 5.92 Å². The van der Waals surface area contributed by atoms with E-state index in [9.17, 15) is 9.59 Å². The lowest BCUT2D eigenvalue weighted by Crippen LogP contribution is -2.40. The summed E-state index contributed by atoms with van der Waals surface area (Å²) >= 11 is 0. The minimum absolute atomic E-state index is 0.0540. The summed E-state index contributed by atoms with van der Waals surface area (Å²) in [4.78, 5) is 27.5. The van der Waals surface area contributed by atoms with Gasteiger partial charge in [0.2, 0.25) is 5.91 Å². The number of carbonyl (C=O) groups is 2. The van der Waals surface area contributed by atoms with E-state index in [1.165, 1.54) is 0 Å². The van der Waals surface area contributed by atoms with Gasteiger partial charge in [-0.05, 0) is 31.5 Å². The Kier molecular flexibility index (Phi) is 6.59. The van der Waals surface area contributed by atoms with Gasteiger partial charge in [0.05, 0.1) is 12.5 Å². The fourth-order valence-corrected chi connectivity index (χ4v) is 2.98. The molecule has 1 aromatic carbocycles. The summed E-state index contributed by atoms with van der Waals surface area (Å²) in [5.41, 5.74) is 0.919. The first-order valence-electron chi connectivity index (χ1n) is 8.42. The molecule has 23 heavy (non-hydrogen) atoms. The van der Waals surface area contributed by atoms with Crippen LogP contribution >= 0.6 is 0 Å². The van der Waals surface area contributed by atoms with E-state index in [0.717, 1.165) is 24.9 Å². The largest absolute Gasteiger partial charge is 0.481 e. The van der Waals surface area contributed by atoms with Gasteiger partial charge in [-0.1, -0.05) is 38.0 Å². The molecule has 0 bridgehead atoms. The van der Waals surface area contributed by atoms with Crippen LogP contribution in [0.3, 0.4) is 0 Å². The highest BCUT2D eigenvalue weighted by atomic mass is 16.4. The third kappa shape index (κ3) is 5.06. The highest BCUT2D eigenvalue weighted by molar-refractivity contribution is 5.94. The predicted octanol–water partition coefficient (Wildman–Crippen LogP) is 2.62. The van der Waals surface area contributed by atoms with E-state index >= 15 is 0 Å². The van der Waals surface area contributed by atoms with Crippen LogP contribution in [0.4, 0.5) is 5.69 Å². The minimum atomic E-state index is -0.761. The van der Waals surface area contributed by atoms with Crippen LogP contribution in [-0.4, -0.2) is 48.1 Å². The van der Waals surface area contributed by atoms with E-state index in [1.54, 1.807) is 0 Å². The summed E-state index contributed by atoms with van der Waals surface area (Å²) in [7, 11) is 0. The minimum Gasteiger partial charge on any atom is -0.481 e. The Morgan fingerprint density at radius 1 is 1.26 bits per heavy atom. The molecule has 126 valence electrons. The number of anilines is 1. The molecule has 2 rings (SSSR count). The average molecular weight is 318 g/mol. The maximum atomic E-state index is 12.7. The number of hydrogen-bond donors (Lipinski definition) is 1. The Balaban J connectivity index is 1.98. The topological polar surface area (TPSA) is 60.9 Å². The van der Waals surface area contributed by atoms with Crippen LogP contribution in [0.2, 0.25) is 0 Å². The molecule has 0 spiro atoms. The molecule has 1 fully saturated rings. The zero-order valence-electron chi connectivity index (χ0n) is 13.8. The predicted molar refractivity (Wildman–Crippen MR) is 90.5 cm³/mol. The quantitative estimate of drug-likeness (QED) is 0.749. The second-order valence-electron chi connectivity index (χ2n) is 6.15. The Morgan fingerprint density at radius 3 is 2.61 bits per heavy atom. The number of carboxylic acid groups (broad SMARTS) is 1. The van der Waals surface area contributed by atoms with Crippen molar-refractivity contribution in [2.24, 2.45) is 5.92 Å². The molecule has 1 aromatic rings. The van der Waals surface area contributed by atoms with Crippen LogP contribution in [-0.2, 0) is 9.59 Å². The zero-order valence-corrected chi connectivity index (χ0v) is 13.8. The Hall–Kier alpha value is -1.88. The fourth-order valence-electron chi connectivity index (χ4n) is 2.98. The lowest BCUT2D eigenvalue weighted by Gasteiger charge is -2.25. The second kappa shape index (κ2) is 8.67. The molecule has 0 aromatic heterocycles. The van der Waals surface area contributed by atoms with E-state index in [0.29, 0.717) is 32.6 Å². The van der Waals surface area contributed by atoms with Gasteiger partial charge in [0.1, 0.15) is 0 Å². The van der Waals surface area contributed by atoms with Crippen molar-refractivity contribution in [3.8, 4) is 0 Å². The fraction of sp³-hybridized carbons (Fsp3) is 0.556. The molecule has 5 heteroatoms. The standard InChI is InChI=1S/C18H26N2O3/c1-2-3-7-11-20(16-8-5-4-6-9-16)17(21)14-19-12-10-15(13-19)18(22)23/h4-6,8-9,15H,2-3,7,10-14H2,1H3,(H,22,23). The number of benzene rings is 1. The van der Waals surface area contributed by atoms with Crippen molar-refractivity contribution in [3.63, 3.8) is 0 Å². The van der Waals surface area contributed by atoms with Crippen molar-refractivity contribution < 1.29 is 14.7 Å². The Bertz CT molecular complexity index is 518. The molecule has 1 amide bonds. The van der Waals surface area contributed by atoms with Crippen LogP contribution in [0.5, 0.6) is 0 Å². The first-order valence-corrected chi connectivity index (χ1v) is 8.42. The van der Waals surface area contributed by atoms with E-state index < -0.39 is 5.97 Å². The van der Waals surface area contributed by atoms with Gasteiger partial charge in [-0.25, -0.2) is 0 Å². The van der Waals surface area contributed by atoms with Crippen molar-refractivity contribution >= 4 is 17.6 Å². The molecular weight excluding hydrogens is 292 g/mol. The summed E-state index contributed by atoms with van der Waals surface area (Å²) in [5.74, 6) is -1.05. The summed E-state index contributed by atoms with van der Waals surface area (Å²) in [6.07, 6.45) is 3.82. The maximum absolute atomic E-state index is 12.7. The number of para-hydroxylation sites is 1. The molecule has 1 unspecified atom stereocenters. The smallest absolute Gasteiger partial charge is 0.307 e. The average Bonchev–Trinajstić information content (AvgIpc) is 3.01. The highest BCUT2D eigenvalue weighted by Crippen LogP contribution is 2.19.